The van der Waals surface area contributed by atoms with Crippen LogP contribution in [0.2, 0.25) is 0 Å². The summed E-state index contributed by atoms with van der Waals surface area (Å²) in [6.45, 7) is 3.82. The van der Waals surface area contributed by atoms with E-state index in [1.54, 1.807) is 13.0 Å². The predicted octanol–water partition coefficient (Wildman–Crippen LogP) is 4.58. The molecule has 0 radical (unpaired) electrons. The topological polar surface area (TPSA) is 37.3 Å². The van der Waals surface area contributed by atoms with Crippen molar-refractivity contribution >= 4 is 5.97 Å². The molecule has 0 fully saturated rings. The summed E-state index contributed by atoms with van der Waals surface area (Å²) >= 11 is 0. The summed E-state index contributed by atoms with van der Waals surface area (Å²) in [6.07, 6.45) is 18.4. The molecule has 0 bridgehead atoms. The van der Waals surface area contributed by atoms with Crippen LogP contribution in [0.15, 0.2) is 59.3 Å². The maximum absolute atomic E-state index is 10.4. The van der Waals surface area contributed by atoms with Crippen LogP contribution in [0.25, 0.3) is 0 Å². The molecule has 0 aromatic rings. The summed E-state index contributed by atoms with van der Waals surface area (Å²) in [5, 5.41) is 8.58. The summed E-state index contributed by atoms with van der Waals surface area (Å²) in [5.74, 6) is -0.910. The van der Waals surface area contributed by atoms with E-state index in [0.29, 0.717) is 0 Å². The molecule has 1 aliphatic rings. The first-order chi connectivity index (χ1) is 9.08. The smallest absolute Gasteiger partial charge is 0.328 e. The zero-order chi connectivity index (χ0) is 14.1. The van der Waals surface area contributed by atoms with E-state index in [1.165, 1.54) is 37.3 Å². The Kier molecular flexibility index (Phi) is 6.65. The van der Waals surface area contributed by atoms with Crippen molar-refractivity contribution < 1.29 is 9.90 Å². The Morgan fingerprint density at radius 3 is 2.63 bits per heavy atom. The Morgan fingerprint density at radius 2 is 2.00 bits per heavy atom. The number of allylic oxidation sites excluding steroid dienone is 9. The average Bonchev–Trinajstić information content (AvgIpc) is 2.36. The van der Waals surface area contributed by atoms with Gasteiger partial charge < -0.3 is 5.11 Å². The predicted molar refractivity (Wildman–Crippen MR) is 80.0 cm³/mol. The van der Waals surface area contributed by atoms with Crippen LogP contribution < -0.4 is 0 Å². The van der Waals surface area contributed by atoms with E-state index in [9.17, 15) is 4.79 Å². The molecule has 0 spiro atoms. The summed E-state index contributed by atoms with van der Waals surface area (Å²) in [5.41, 5.74) is 3.31. The fraction of sp³-hybridized carbons (Fsp3) is 0.353. The van der Waals surface area contributed by atoms with Crippen molar-refractivity contribution in [3.8, 4) is 0 Å². The highest BCUT2D eigenvalue weighted by Gasteiger charge is 1.98. The van der Waals surface area contributed by atoms with Gasteiger partial charge in [-0.2, -0.15) is 0 Å². The average molecular weight is 258 g/mol. The number of rotatable bonds is 5. The van der Waals surface area contributed by atoms with Crippen LogP contribution in [0.3, 0.4) is 0 Å². The number of carboxylic acids is 1. The van der Waals surface area contributed by atoms with Crippen LogP contribution in [0.1, 0.15) is 39.5 Å². The van der Waals surface area contributed by atoms with Crippen LogP contribution in [-0.4, -0.2) is 11.1 Å². The largest absolute Gasteiger partial charge is 0.478 e. The molecule has 1 rings (SSSR count). The Labute approximate surface area is 115 Å². The molecular weight excluding hydrogens is 236 g/mol. The number of hydrogen-bond acceptors (Lipinski definition) is 1. The lowest BCUT2D eigenvalue weighted by molar-refractivity contribution is -0.131. The molecule has 0 aliphatic heterocycles. The Hall–Kier alpha value is -1.83. The molecule has 1 N–H and O–H groups in total. The quantitative estimate of drug-likeness (QED) is 0.579. The molecule has 0 saturated heterocycles. The molecule has 0 heterocycles. The third-order valence-corrected chi connectivity index (χ3v) is 2.96. The van der Waals surface area contributed by atoms with Gasteiger partial charge >= 0.3 is 5.97 Å². The molecule has 1 aliphatic carbocycles. The molecular formula is C17H22O2. The van der Waals surface area contributed by atoms with Gasteiger partial charge in [0, 0.05) is 6.08 Å². The summed E-state index contributed by atoms with van der Waals surface area (Å²) in [6, 6.07) is 0. The zero-order valence-electron chi connectivity index (χ0n) is 11.7. The first-order valence-electron chi connectivity index (χ1n) is 6.71. The number of carboxylic acid groups (broad SMARTS) is 1. The molecule has 0 amide bonds. The number of aliphatic carboxylic acids is 1. The molecule has 0 aromatic heterocycles. The second kappa shape index (κ2) is 8.30. The Morgan fingerprint density at radius 1 is 1.21 bits per heavy atom. The third-order valence-electron chi connectivity index (χ3n) is 2.96. The van der Waals surface area contributed by atoms with E-state index in [0.717, 1.165) is 11.1 Å². The van der Waals surface area contributed by atoms with Crippen molar-refractivity contribution in [3.05, 3.63) is 59.3 Å². The summed E-state index contributed by atoms with van der Waals surface area (Å²) in [4.78, 5) is 10.4. The number of carbonyl (C=O) groups is 1. The first kappa shape index (κ1) is 15.2. The lowest BCUT2D eigenvalue weighted by Crippen LogP contribution is -1.88. The maximum Gasteiger partial charge on any atom is 0.328 e. The Balaban J connectivity index is 2.53. The van der Waals surface area contributed by atoms with Gasteiger partial charge in [-0.3, -0.25) is 0 Å². The van der Waals surface area contributed by atoms with Crippen LogP contribution >= 0.6 is 0 Å². The van der Waals surface area contributed by atoms with Gasteiger partial charge in [-0.1, -0.05) is 47.6 Å². The lowest BCUT2D eigenvalue weighted by Gasteiger charge is -2.07. The van der Waals surface area contributed by atoms with E-state index >= 15 is 0 Å². The Bertz CT molecular complexity index is 460. The molecule has 102 valence electrons. The molecule has 19 heavy (non-hydrogen) atoms. The van der Waals surface area contributed by atoms with Crippen molar-refractivity contribution in [1.82, 2.24) is 0 Å². The number of hydrogen-bond donors (Lipinski definition) is 1. The van der Waals surface area contributed by atoms with Crippen LogP contribution in [-0.2, 0) is 4.79 Å². The van der Waals surface area contributed by atoms with Gasteiger partial charge in [0.05, 0.1) is 0 Å². The molecule has 0 saturated carbocycles. The van der Waals surface area contributed by atoms with Crippen molar-refractivity contribution in [2.45, 2.75) is 39.5 Å². The fourth-order valence-corrected chi connectivity index (χ4v) is 1.90. The van der Waals surface area contributed by atoms with Gasteiger partial charge in [0.25, 0.3) is 0 Å². The van der Waals surface area contributed by atoms with Gasteiger partial charge in [-0.15, -0.1) is 0 Å². The maximum atomic E-state index is 10.4. The zero-order valence-corrected chi connectivity index (χ0v) is 11.7. The molecule has 0 atom stereocenters. The monoisotopic (exact) mass is 258 g/mol. The second-order valence-electron chi connectivity index (χ2n) is 4.85. The van der Waals surface area contributed by atoms with Gasteiger partial charge in [0.15, 0.2) is 0 Å². The fourth-order valence-electron chi connectivity index (χ4n) is 1.90. The molecule has 0 aromatic carbocycles. The standard InChI is InChI=1S/C17H22O2/c1-14(7-6-8-15(2)13-17(18)19)11-12-16-9-4-3-5-10-16/h6-9,11-13H,3-5,10H2,1-2H3,(H,18,19)/b8-6+,12-11+,14-7+,15-13+. The van der Waals surface area contributed by atoms with E-state index < -0.39 is 5.97 Å². The highest BCUT2D eigenvalue weighted by atomic mass is 16.4. The minimum atomic E-state index is -0.910. The van der Waals surface area contributed by atoms with E-state index in [4.69, 9.17) is 5.11 Å². The SMILES string of the molecule is CC(/C=C/C1=CCCCC1)=C\C=C\C(C)=C\C(=O)O. The molecule has 0 unspecified atom stereocenters. The van der Waals surface area contributed by atoms with E-state index in [1.807, 2.05) is 19.1 Å². The second-order valence-corrected chi connectivity index (χ2v) is 4.85. The highest BCUT2D eigenvalue weighted by Crippen LogP contribution is 2.18. The minimum Gasteiger partial charge on any atom is -0.478 e. The lowest BCUT2D eigenvalue weighted by atomic mass is 9.99. The highest BCUT2D eigenvalue weighted by molar-refractivity contribution is 5.81. The van der Waals surface area contributed by atoms with Crippen LogP contribution in [0.4, 0.5) is 0 Å². The molecule has 2 heteroatoms. The summed E-state index contributed by atoms with van der Waals surface area (Å²) < 4.78 is 0. The minimum absolute atomic E-state index is 0.732. The van der Waals surface area contributed by atoms with Gasteiger partial charge in [-0.25, -0.2) is 4.79 Å². The van der Waals surface area contributed by atoms with Crippen molar-refractivity contribution in [2.24, 2.45) is 0 Å². The van der Waals surface area contributed by atoms with Crippen LogP contribution in [0.5, 0.6) is 0 Å². The first-order valence-corrected chi connectivity index (χ1v) is 6.71. The molecule has 2 nitrogen and oxygen atoms in total. The normalized spacial score (nSPS) is 18.1. The van der Waals surface area contributed by atoms with E-state index in [-0.39, 0.29) is 0 Å². The van der Waals surface area contributed by atoms with Crippen molar-refractivity contribution in [1.29, 1.82) is 0 Å². The van der Waals surface area contributed by atoms with Crippen LogP contribution in [0, 0.1) is 0 Å². The summed E-state index contributed by atoms with van der Waals surface area (Å²) in [7, 11) is 0. The van der Waals surface area contributed by atoms with Crippen molar-refractivity contribution in [2.75, 3.05) is 0 Å². The van der Waals surface area contributed by atoms with Crippen molar-refractivity contribution in [3.63, 3.8) is 0 Å². The van der Waals surface area contributed by atoms with Gasteiger partial charge in [0.1, 0.15) is 0 Å². The van der Waals surface area contributed by atoms with Gasteiger partial charge in [0.2, 0.25) is 0 Å². The van der Waals surface area contributed by atoms with E-state index in [2.05, 4.69) is 18.2 Å². The third kappa shape index (κ3) is 7.24. The van der Waals surface area contributed by atoms with Gasteiger partial charge in [-0.05, 0) is 45.1 Å².